The van der Waals surface area contributed by atoms with Gasteiger partial charge in [-0.05, 0) is 37.3 Å². The molecule has 4 nitrogen and oxygen atoms in total. The highest BCUT2D eigenvalue weighted by Crippen LogP contribution is 2.35. The van der Waals surface area contributed by atoms with Crippen molar-refractivity contribution in [3.05, 3.63) is 35.4 Å². The molecule has 0 aromatic heterocycles. The zero-order valence-electron chi connectivity index (χ0n) is 13.0. The maximum atomic E-state index is 12.7. The van der Waals surface area contributed by atoms with Crippen LogP contribution in [0.2, 0.25) is 0 Å². The van der Waals surface area contributed by atoms with Crippen molar-refractivity contribution >= 4 is 5.97 Å². The fourth-order valence-corrected chi connectivity index (χ4v) is 3.08. The van der Waals surface area contributed by atoms with Gasteiger partial charge in [0.15, 0.2) is 0 Å². The molecule has 0 heterocycles. The Bertz CT molecular complexity index is 475. The van der Waals surface area contributed by atoms with Gasteiger partial charge in [0.2, 0.25) is 0 Å². The van der Waals surface area contributed by atoms with Gasteiger partial charge in [-0.15, -0.1) is 0 Å². The quantitative estimate of drug-likeness (QED) is 0.497. The summed E-state index contributed by atoms with van der Waals surface area (Å²) in [6.45, 7) is 3.45. The molecule has 1 aromatic rings. The molecular formula is C17H25NO3. The van der Waals surface area contributed by atoms with E-state index in [0.29, 0.717) is 19.8 Å². The van der Waals surface area contributed by atoms with Crippen molar-refractivity contribution in [1.29, 1.82) is 0 Å². The van der Waals surface area contributed by atoms with Crippen LogP contribution in [0, 0.1) is 0 Å². The van der Waals surface area contributed by atoms with Crippen molar-refractivity contribution in [2.45, 2.75) is 38.1 Å². The lowest BCUT2D eigenvalue weighted by Crippen LogP contribution is -2.51. The zero-order valence-corrected chi connectivity index (χ0v) is 13.0. The molecule has 4 heteroatoms. The van der Waals surface area contributed by atoms with Crippen LogP contribution in [-0.2, 0) is 26.2 Å². The van der Waals surface area contributed by atoms with Crippen LogP contribution in [0.5, 0.6) is 0 Å². The lowest BCUT2D eigenvalue weighted by Gasteiger charge is -2.33. The number of fused-ring (bicyclic) bond motifs is 1. The highest BCUT2D eigenvalue weighted by molar-refractivity contribution is 5.83. The van der Waals surface area contributed by atoms with Crippen LogP contribution < -0.4 is 5.32 Å². The largest absolute Gasteiger partial charge is 0.464 e. The van der Waals surface area contributed by atoms with E-state index >= 15 is 0 Å². The number of nitrogens with one attached hydrogen (secondary N) is 1. The average molecular weight is 291 g/mol. The Hall–Kier alpha value is -1.39. The maximum Gasteiger partial charge on any atom is 0.331 e. The van der Waals surface area contributed by atoms with E-state index in [1.807, 2.05) is 19.1 Å². The van der Waals surface area contributed by atoms with E-state index in [1.165, 1.54) is 5.56 Å². The number of esters is 1. The van der Waals surface area contributed by atoms with Crippen LogP contribution >= 0.6 is 0 Å². The first kappa shape index (κ1) is 16.0. The van der Waals surface area contributed by atoms with Crippen molar-refractivity contribution in [2.24, 2.45) is 0 Å². The zero-order chi connectivity index (χ0) is 15.1. The molecule has 1 aromatic carbocycles. The smallest absolute Gasteiger partial charge is 0.331 e. The second-order valence-corrected chi connectivity index (χ2v) is 5.41. The summed E-state index contributed by atoms with van der Waals surface area (Å²) < 4.78 is 10.5. The molecule has 1 N–H and O–H groups in total. The van der Waals surface area contributed by atoms with Crippen molar-refractivity contribution in [3.8, 4) is 0 Å². The van der Waals surface area contributed by atoms with E-state index in [0.717, 1.165) is 31.2 Å². The number of rotatable bonds is 6. The maximum absolute atomic E-state index is 12.7. The number of ether oxygens (including phenoxy) is 2. The highest BCUT2D eigenvalue weighted by atomic mass is 16.5. The van der Waals surface area contributed by atoms with Crippen molar-refractivity contribution in [1.82, 2.24) is 5.32 Å². The molecule has 2 rings (SSSR count). The van der Waals surface area contributed by atoms with Gasteiger partial charge in [-0.25, -0.2) is 4.79 Å². The normalized spacial score (nSPS) is 21.4. The third-order valence-corrected chi connectivity index (χ3v) is 4.08. The summed E-state index contributed by atoms with van der Waals surface area (Å²) in [5.41, 5.74) is 1.58. The van der Waals surface area contributed by atoms with Crippen LogP contribution in [-0.4, -0.2) is 32.8 Å². The summed E-state index contributed by atoms with van der Waals surface area (Å²) in [6.07, 6.45) is 3.90. The second-order valence-electron chi connectivity index (χ2n) is 5.41. The summed E-state index contributed by atoms with van der Waals surface area (Å²) in [5.74, 6) is -0.171. The molecule has 1 atom stereocenters. The van der Waals surface area contributed by atoms with E-state index in [1.54, 1.807) is 7.11 Å². The van der Waals surface area contributed by atoms with Gasteiger partial charge < -0.3 is 9.47 Å². The molecule has 116 valence electrons. The van der Waals surface area contributed by atoms with E-state index in [9.17, 15) is 4.79 Å². The summed E-state index contributed by atoms with van der Waals surface area (Å²) >= 11 is 0. The van der Waals surface area contributed by atoms with Gasteiger partial charge in [-0.1, -0.05) is 30.7 Å². The Labute approximate surface area is 126 Å². The second kappa shape index (κ2) is 7.57. The number of aryl methyl sites for hydroxylation is 1. The Morgan fingerprint density at radius 3 is 2.90 bits per heavy atom. The fraction of sp³-hybridized carbons (Fsp3) is 0.588. The first-order chi connectivity index (χ1) is 10.2. The molecule has 0 saturated heterocycles. The molecule has 1 aliphatic carbocycles. The summed E-state index contributed by atoms with van der Waals surface area (Å²) in [7, 11) is 1.67. The van der Waals surface area contributed by atoms with Crippen LogP contribution in [0.1, 0.15) is 37.3 Å². The number of hydrogen-bond acceptors (Lipinski definition) is 4. The predicted octanol–water partition coefficient (Wildman–Crippen LogP) is 2.41. The van der Waals surface area contributed by atoms with E-state index in [-0.39, 0.29) is 5.97 Å². The first-order valence-electron chi connectivity index (χ1n) is 7.74. The fourth-order valence-electron chi connectivity index (χ4n) is 3.08. The molecule has 0 amide bonds. The Balaban J connectivity index is 2.39. The van der Waals surface area contributed by atoms with Gasteiger partial charge in [0, 0.05) is 13.7 Å². The van der Waals surface area contributed by atoms with Gasteiger partial charge >= 0.3 is 5.97 Å². The molecule has 0 bridgehead atoms. The Morgan fingerprint density at radius 2 is 2.14 bits per heavy atom. The van der Waals surface area contributed by atoms with E-state index in [4.69, 9.17) is 9.47 Å². The van der Waals surface area contributed by atoms with Crippen molar-refractivity contribution in [3.63, 3.8) is 0 Å². The molecule has 0 aliphatic heterocycles. The third-order valence-electron chi connectivity index (χ3n) is 4.08. The van der Waals surface area contributed by atoms with Gasteiger partial charge in [-0.2, -0.15) is 0 Å². The number of methoxy groups -OCH3 is 1. The Kier molecular flexibility index (Phi) is 5.76. The SMILES string of the molecule is CCOC(=O)C1(NCCOC)CCCCc2ccccc21. The van der Waals surface area contributed by atoms with Gasteiger partial charge in [0.05, 0.1) is 13.2 Å². The van der Waals surface area contributed by atoms with Crippen molar-refractivity contribution < 1.29 is 14.3 Å². The predicted molar refractivity (Wildman–Crippen MR) is 82.2 cm³/mol. The minimum atomic E-state index is -0.734. The minimum absolute atomic E-state index is 0.171. The summed E-state index contributed by atoms with van der Waals surface area (Å²) in [6, 6.07) is 8.20. The standard InChI is InChI=1S/C17H25NO3/c1-3-21-16(19)17(18-12-13-20-2)11-7-6-9-14-8-4-5-10-15(14)17/h4-5,8,10,18H,3,6-7,9,11-13H2,1-2H3. The highest BCUT2D eigenvalue weighted by Gasteiger charge is 2.43. The van der Waals surface area contributed by atoms with Gasteiger partial charge in [-0.3, -0.25) is 5.32 Å². The molecule has 0 spiro atoms. The summed E-state index contributed by atoms with van der Waals surface area (Å²) in [4.78, 5) is 12.7. The number of carbonyl (C=O) groups excluding carboxylic acids is 1. The molecule has 0 saturated carbocycles. The van der Waals surface area contributed by atoms with Crippen LogP contribution in [0.3, 0.4) is 0 Å². The monoisotopic (exact) mass is 291 g/mol. The van der Waals surface area contributed by atoms with Gasteiger partial charge in [0.25, 0.3) is 0 Å². The van der Waals surface area contributed by atoms with Crippen LogP contribution in [0.25, 0.3) is 0 Å². The van der Waals surface area contributed by atoms with E-state index < -0.39 is 5.54 Å². The summed E-state index contributed by atoms with van der Waals surface area (Å²) in [5, 5.41) is 3.42. The van der Waals surface area contributed by atoms with Crippen molar-refractivity contribution in [2.75, 3.05) is 26.9 Å². The molecule has 0 fully saturated rings. The molecule has 1 unspecified atom stereocenters. The van der Waals surface area contributed by atoms with Gasteiger partial charge in [0.1, 0.15) is 5.54 Å². The number of hydrogen-bond donors (Lipinski definition) is 1. The third kappa shape index (κ3) is 3.44. The topological polar surface area (TPSA) is 47.6 Å². The number of carbonyl (C=O) groups is 1. The lowest BCUT2D eigenvalue weighted by atomic mass is 9.84. The molecule has 21 heavy (non-hydrogen) atoms. The minimum Gasteiger partial charge on any atom is -0.464 e. The lowest BCUT2D eigenvalue weighted by molar-refractivity contribution is -0.152. The van der Waals surface area contributed by atoms with E-state index in [2.05, 4.69) is 17.4 Å². The molecule has 1 aliphatic rings. The van der Waals surface area contributed by atoms with Crippen LogP contribution in [0.15, 0.2) is 24.3 Å². The first-order valence-corrected chi connectivity index (χ1v) is 7.74. The average Bonchev–Trinajstić information content (AvgIpc) is 2.69. The Morgan fingerprint density at radius 1 is 1.33 bits per heavy atom. The van der Waals surface area contributed by atoms with Crippen LogP contribution in [0.4, 0.5) is 0 Å². The molecule has 0 radical (unpaired) electrons. The number of benzene rings is 1. The molecular weight excluding hydrogens is 266 g/mol.